The van der Waals surface area contributed by atoms with E-state index in [4.69, 9.17) is 22.7 Å². The van der Waals surface area contributed by atoms with Gasteiger partial charge in [-0.15, -0.1) is 0 Å². The zero-order valence-electron chi connectivity index (χ0n) is 11.6. The molecule has 0 aliphatic heterocycles. The van der Waals surface area contributed by atoms with Crippen molar-refractivity contribution in [3.63, 3.8) is 0 Å². The molecule has 104 valence electrons. The van der Waals surface area contributed by atoms with Crippen molar-refractivity contribution in [1.29, 1.82) is 0 Å². The van der Waals surface area contributed by atoms with Crippen molar-refractivity contribution in [2.24, 2.45) is 17.6 Å². The summed E-state index contributed by atoms with van der Waals surface area (Å²) >= 11 is 4.93. The van der Waals surface area contributed by atoms with E-state index in [9.17, 15) is 0 Å². The summed E-state index contributed by atoms with van der Waals surface area (Å²) in [5, 5.41) is 0. The van der Waals surface area contributed by atoms with E-state index in [-0.39, 0.29) is 0 Å². The number of pyridine rings is 1. The maximum atomic E-state index is 6.01. The summed E-state index contributed by atoms with van der Waals surface area (Å²) < 4.78 is 6.01. The van der Waals surface area contributed by atoms with Gasteiger partial charge in [0, 0.05) is 6.20 Å². The van der Waals surface area contributed by atoms with Crippen LogP contribution in [-0.2, 0) is 11.3 Å². The molecule has 3 nitrogen and oxygen atoms in total. The number of nitrogens with two attached hydrogens (primary N) is 1. The van der Waals surface area contributed by atoms with Gasteiger partial charge in [0.1, 0.15) is 4.99 Å². The van der Waals surface area contributed by atoms with Crippen molar-refractivity contribution in [2.75, 3.05) is 0 Å². The van der Waals surface area contributed by atoms with Crippen LogP contribution in [-0.4, -0.2) is 16.1 Å². The maximum Gasteiger partial charge on any atom is 0.122 e. The van der Waals surface area contributed by atoms with Crippen LogP contribution in [0.2, 0.25) is 0 Å². The maximum absolute atomic E-state index is 6.01. The third-order valence-corrected chi connectivity index (χ3v) is 4.32. The van der Waals surface area contributed by atoms with Crippen LogP contribution in [0.15, 0.2) is 18.3 Å². The minimum atomic E-state index is 0.335. The molecule has 1 fully saturated rings. The van der Waals surface area contributed by atoms with Crippen molar-refractivity contribution >= 4 is 17.2 Å². The monoisotopic (exact) mass is 278 g/mol. The molecular formula is C15H22N2OS. The number of hydrogen-bond acceptors (Lipinski definition) is 3. The van der Waals surface area contributed by atoms with E-state index in [1.54, 1.807) is 6.20 Å². The highest BCUT2D eigenvalue weighted by Gasteiger charge is 2.24. The minimum Gasteiger partial charge on any atom is -0.388 e. The van der Waals surface area contributed by atoms with Crippen molar-refractivity contribution in [2.45, 2.75) is 45.8 Å². The van der Waals surface area contributed by atoms with Gasteiger partial charge in [-0.05, 0) is 48.8 Å². The first kappa shape index (κ1) is 14.4. The van der Waals surface area contributed by atoms with E-state index in [2.05, 4.69) is 18.8 Å². The van der Waals surface area contributed by atoms with Gasteiger partial charge >= 0.3 is 0 Å². The molecule has 0 amide bonds. The Morgan fingerprint density at radius 2 is 2.21 bits per heavy atom. The zero-order valence-corrected chi connectivity index (χ0v) is 12.5. The van der Waals surface area contributed by atoms with Gasteiger partial charge < -0.3 is 10.5 Å². The molecule has 0 radical (unpaired) electrons. The second-order valence-corrected chi connectivity index (χ2v) is 6.05. The Morgan fingerprint density at radius 3 is 2.89 bits per heavy atom. The molecule has 1 heterocycles. The third-order valence-electron chi connectivity index (χ3n) is 4.11. The summed E-state index contributed by atoms with van der Waals surface area (Å²) in [6.07, 6.45) is 5.71. The first-order valence-corrected chi connectivity index (χ1v) is 7.33. The summed E-state index contributed by atoms with van der Waals surface area (Å²) in [5.41, 5.74) is 7.34. The Hall–Kier alpha value is -1.00. The summed E-state index contributed by atoms with van der Waals surface area (Å²) in [7, 11) is 0. The fraction of sp³-hybridized carbons (Fsp3) is 0.600. The number of hydrogen-bond donors (Lipinski definition) is 1. The van der Waals surface area contributed by atoms with Crippen LogP contribution in [0.3, 0.4) is 0 Å². The van der Waals surface area contributed by atoms with E-state index in [0.29, 0.717) is 23.4 Å². The van der Waals surface area contributed by atoms with E-state index in [1.165, 1.54) is 12.8 Å². The lowest BCUT2D eigenvalue weighted by Gasteiger charge is -2.32. The fourth-order valence-electron chi connectivity index (χ4n) is 2.56. The molecule has 1 aromatic rings. The van der Waals surface area contributed by atoms with Crippen LogP contribution < -0.4 is 5.73 Å². The zero-order chi connectivity index (χ0) is 13.8. The molecule has 1 aliphatic carbocycles. The number of nitrogens with zero attached hydrogens (tertiary/aromatic N) is 1. The number of aromatic nitrogens is 1. The molecule has 3 atom stereocenters. The van der Waals surface area contributed by atoms with Gasteiger partial charge in [0.25, 0.3) is 0 Å². The molecule has 3 unspecified atom stereocenters. The van der Waals surface area contributed by atoms with E-state index in [0.717, 1.165) is 23.8 Å². The Kier molecular flexibility index (Phi) is 4.88. The molecule has 1 saturated carbocycles. The molecule has 1 aromatic heterocycles. The molecule has 2 N–H and O–H groups in total. The lowest BCUT2D eigenvalue weighted by Crippen LogP contribution is -2.26. The number of rotatable bonds is 4. The van der Waals surface area contributed by atoms with Crippen LogP contribution in [0.1, 0.15) is 44.4 Å². The molecule has 0 spiro atoms. The van der Waals surface area contributed by atoms with Gasteiger partial charge in [-0.2, -0.15) is 0 Å². The second-order valence-electron chi connectivity index (χ2n) is 5.61. The lowest BCUT2D eigenvalue weighted by molar-refractivity contribution is -0.00747. The van der Waals surface area contributed by atoms with Crippen molar-refractivity contribution in [3.05, 3.63) is 29.6 Å². The van der Waals surface area contributed by atoms with Crippen molar-refractivity contribution < 1.29 is 4.74 Å². The van der Waals surface area contributed by atoms with Gasteiger partial charge in [0.05, 0.1) is 18.4 Å². The quantitative estimate of drug-likeness (QED) is 0.860. The highest BCUT2D eigenvalue weighted by Crippen LogP contribution is 2.31. The van der Waals surface area contributed by atoms with Gasteiger partial charge in [-0.3, -0.25) is 4.98 Å². The van der Waals surface area contributed by atoms with Gasteiger partial charge in [-0.25, -0.2) is 0 Å². The van der Waals surface area contributed by atoms with Crippen molar-refractivity contribution in [1.82, 2.24) is 4.98 Å². The first-order chi connectivity index (χ1) is 9.06. The molecular weight excluding hydrogens is 256 g/mol. The summed E-state index contributed by atoms with van der Waals surface area (Å²) in [5.74, 6) is 1.57. The minimum absolute atomic E-state index is 0.335. The van der Waals surface area contributed by atoms with Crippen LogP contribution in [0.4, 0.5) is 0 Å². The molecule has 0 bridgehead atoms. The topological polar surface area (TPSA) is 48.1 Å². The largest absolute Gasteiger partial charge is 0.388 e. The van der Waals surface area contributed by atoms with Crippen LogP contribution >= 0.6 is 12.2 Å². The fourth-order valence-corrected chi connectivity index (χ4v) is 2.67. The number of ether oxygens (including phenoxy) is 1. The van der Waals surface area contributed by atoms with Gasteiger partial charge in [0.2, 0.25) is 0 Å². The lowest BCUT2D eigenvalue weighted by atomic mass is 9.80. The van der Waals surface area contributed by atoms with E-state index < -0.39 is 0 Å². The molecule has 19 heavy (non-hydrogen) atoms. The number of thiocarbonyl (C=S) groups is 1. The van der Waals surface area contributed by atoms with Crippen LogP contribution in [0, 0.1) is 11.8 Å². The molecule has 4 heteroatoms. The predicted molar refractivity (Wildman–Crippen MR) is 80.9 cm³/mol. The van der Waals surface area contributed by atoms with Crippen LogP contribution in [0.5, 0.6) is 0 Å². The van der Waals surface area contributed by atoms with Gasteiger partial charge in [-0.1, -0.05) is 26.1 Å². The Bertz CT molecular complexity index is 450. The summed E-state index contributed by atoms with van der Waals surface area (Å²) in [6, 6.07) is 3.87. The molecule has 1 aliphatic rings. The normalized spacial score (nSPS) is 27.2. The predicted octanol–water partition coefficient (Wildman–Crippen LogP) is 3.06. The van der Waals surface area contributed by atoms with E-state index in [1.807, 2.05) is 12.1 Å². The van der Waals surface area contributed by atoms with Gasteiger partial charge in [0.15, 0.2) is 0 Å². The Balaban J connectivity index is 1.88. The second kappa shape index (κ2) is 6.44. The highest BCUT2D eigenvalue weighted by molar-refractivity contribution is 7.80. The Morgan fingerprint density at radius 1 is 1.42 bits per heavy atom. The molecule has 0 aromatic carbocycles. The summed E-state index contributed by atoms with van der Waals surface area (Å²) in [6.45, 7) is 5.26. The van der Waals surface area contributed by atoms with Crippen LogP contribution in [0.25, 0.3) is 0 Å². The third kappa shape index (κ3) is 3.98. The smallest absolute Gasteiger partial charge is 0.122 e. The Labute approximate surface area is 120 Å². The average molecular weight is 278 g/mol. The first-order valence-electron chi connectivity index (χ1n) is 6.92. The summed E-state index contributed by atoms with van der Waals surface area (Å²) in [4.78, 5) is 4.47. The van der Waals surface area contributed by atoms with Crippen molar-refractivity contribution in [3.8, 4) is 0 Å². The molecule has 0 saturated heterocycles. The molecule has 2 rings (SSSR count). The average Bonchev–Trinajstić information content (AvgIpc) is 2.40. The SMILES string of the molecule is CC1CCC(OCc2ccnc(C(N)=S)c2)CC1C. The van der Waals surface area contributed by atoms with E-state index >= 15 is 0 Å². The standard InChI is InChI=1S/C15H22N2OS/c1-10-3-4-13(7-11(10)2)18-9-12-5-6-17-14(8-12)15(16)19/h5-6,8,10-11,13H,3-4,7,9H2,1-2H3,(H2,16,19). The highest BCUT2D eigenvalue weighted by atomic mass is 32.1.